The molecule has 1 aromatic carbocycles. The minimum Gasteiger partial charge on any atom is -0.497 e. The van der Waals surface area contributed by atoms with Crippen LogP contribution in [0.5, 0.6) is 5.75 Å². The molecule has 4 rings (SSSR count). The molecule has 7 nitrogen and oxygen atoms in total. The quantitative estimate of drug-likeness (QED) is 0.857. The van der Waals surface area contributed by atoms with Crippen molar-refractivity contribution in [2.24, 2.45) is 5.92 Å². The van der Waals surface area contributed by atoms with E-state index in [9.17, 15) is 9.59 Å². The standard InChI is InChI=1S/C19H24N4O3/c1-26-14-6-7-15-16(9-14)22-17(21-15)10-20-19(25)12-8-18(24)23(11-12)13-4-2-3-5-13/h6-7,9,12-13H,2-5,8,10-11H2,1H3,(H,20,25)(H,21,22). The van der Waals surface area contributed by atoms with Crippen LogP contribution in [-0.2, 0) is 16.1 Å². The number of aromatic nitrogens is 2. The van der Waals surface area contributed by atoms with Gasteiger partial charge in [-0.3, -0.25) is 9.59 Å². The van der Waals surface area contributed by atoms with Gasteiger partial charge in [-0.15, -0.1) is 0 Å². The van der Waals surface area contributed by atoms with E-state index in [-0.39, 0.29) is 17.7 Å². The van der Waals surface area contributed by atoms with Gasteiger partial charge in [-0.2, -0.15) is 0 Å². The van der Waals surface area contributed by atoms with E-state index in [1.165, 1.54) is 12.8 Å². The van der Waals surface area contributed by atoms with E-state index in [1.807, 2.05) is 23.1 Å². The van der Waals surface area contributed by atoms with Crippen LogP contribution in [0, 0.1) is 5.92 Å². The summed E-state index contributed by atoms with van der Waals surface area (Å²) in [4.78, 5) is 34.3. The number of nitrogens with zero attached hydrogens (tertiary/aromatic N) is 2. The number of aromatic amines is 1. The van der Waals surface area contributed by atoms with Crippen LogP contribution in [0.3, 0.4) is 0 Å². The van der Waals surface area contributed by atoms with Crippen molar-refractivity contribution in [2.75, 3.05) is 13.7 Å². The van der Waals surface area contributed by atoms with Crippen LogP contribution in [0.25, 0.3) is 11.0 Å². The second-order valence-electron chi connectivity index (χ2n) is 7.17. The average molecular weight is 356 g/mol. The van der Waals surface area contributed by atoms with Gasteiger partial charge >= 0.3 is 0 Å². The highest BCUT2D eigenvalue weighted by molar-refractivity contribution is 5.89. The number of imidazole rings is 1. The predicted octanol–water partition coefficient (Wildman–Crippen LogP) is 1.98. The number of amides is 2. The normalized spacial score (nSPS) is 20.9. The number of H-pyrrole nitrogens is 1. The van der Waals surface area contributed by atoms with Crippen molar-refractivity contribution in [1.29, 1.82) is 0 Å². The van der Waals surface area contributed by atoms with Crippen molar-refractivity contribution in [1.82, 2.24) is 20.2 Å². The van der Waals surface area contributed by atoms with Gasteiger partial charge in [-0.1, -0.05) is 12.8 Å². The Morgan fingerprint density at radius 3 is 2.96 bits per heavy atom. The molecule has 2 amide bonds. The maximum absolute atomic E-state index is 12.5. The smallest absolute Gasteiger partial charge is 0.225 e. The van der Waals surface area contributed by atoms with Crippen molar-refractivity contribution in [2.45, 2.75) is 44.7 Å². The van der Waals surface area contributed by atoms with Gasteiger partial charge in [-0.05, 0) is 25.0 Å². The highest BCUT2D eigenvalue weighted by Gasteiger charge is 2.38. The van der Waals surface area contributed by atoms with Crippen molar-refractivity contribution in [3.8, 4) is 5.75 Å². The first-order valence-corrected chi connectivity index (χ1v) is 9.24. The number of fused-ring (bicyclic) bond motifs is 1. The minimum atomic E-state index is -0.257. The third kappa shape index (κ3) is 3.25. The number of nitrogens with one attached hydrogen (secondary N) is 2. The lowest BCUT2D eigenvalue weighted by Crippen LogP contribution is -2.36. The molecule has 0 spiro atoms. The first-order valence-electron chi connectivity index (χ1n) is 9.24. The Hall–Kier alpha value is -2.57. The van der Waals surface area contributed by atoms with E-state index < -0.39 is 0 Å². The van der Waals surface area contributed by atoms with Gasteiger partial charge in [0.15, 0.2) is 0 Å². The molecular weight excluding hydrogens is 332 g/mol. The van der Waals surface area contributed by atoms with Gasteiger partial charge in [0.25, 0.3) is 0 Å². The van der Waals surface area contributed by atoms with Crippen LogP contribution < -0.4 is 10.1 Å². The first-order chi connectivity index (χ1) is 12.6. The van der Waals surface area contributed by atoms with E-state index in [2.05, 4.69) is 15.3 Å². The van der Waals surface area contributed by atoms with Crippen molar-refractivity contribution in [3.63, 3.8) is 0 Å². The van der Waals surface area contributed by atoms with Crippen LogP contribution in [0.1, 0.15) is 37.9 Å². The predicted molar refractivity (Wildman–Crippen MR) is 96.6 cm³/mol. The molecule has 1 unspecified atom stereocenters. The lowest BCUT2D eigenvalue weighted by Gasteiger charge is -2.23. The number of hydrogen-bond acceptors (Lipinski definition) is 4. The van der Waals surface area contributed by atoms with Gasteiger partial charge in [0.2, 0.25) is 11.8 Å². The third-order valence-electron chi connectivity index (χ3n) is 5.46. The SMILES string of the molecule is COc1ccc2nc(CNC(=O)C3CC(=O)N(C4CCCC4)C3)[nH]c2c1. The summed E-state index contributed by atoms with van der Waals surface area (Å²) in [5, 5.41) is 2.92. The highest BCUT2D eigenvalue weighted by Crippen LogP contribution is 2.29. The molecule has 7 heteroatoms. The summed E-state index contributed by atoms with van der Waals surface area (Å²) in [5.74, 6) is 1.24. The Balaban J connectivity index is 1.36. The van der Waals surface area contributed by atoms with Crippen LogP contribution in [-0.4, -0.2) is 46.4 Å². The molecule has 2 aromatic rings. The van der Waals surface area contributed by atoms with Crippen molar-refractivity contribution >= 4 is 22.8 Å². The summed E-state index contributed by atoms with van der Waals surface area (Å²) in [5.41, 5.74) is 1.70. The Kier molecular flexibility index (Phi) is 4.53. The number of rotatable bonds is 5. The minimum absolute atomic E-state index is 0.0723. The Labute approximate surface area is 152 Å². The van der Waals surface area contributed by atoms with Gasteiger partial charge in [-0.25, -0.2) is 4.98 Å². The maximum atomic E-state index is 12.5. The molecule has 2 aliphatic rings. The summed E-state index contributed by atoms with van der Waals surface area (Å²) >= 11 is 0. The van der Waals surface area contributed by atoms with E-state index in [0.717, 1.165) is 29.6 Å². The zero-order valence-electron chi connectivity index (χ0n) is 15.0. The molecule has 1 aliphatic heterocycles. The second-order valence-corrected chi connectivity index (χ2v) is 7.17. The average Bonchev–Trinajstić information content (AvgIpc) is 3.37. The number of benzene rings is 1. The van der Waals surface area contributed by atoms with E-state index >= 15 is 0 Å². The number of carbonyl (C=O) groups excluding carboxylic acids is 2. The molecule has 2 heterocycles. The van der Waals surface area contributed by atoms with Crippen LogP contribution in [0.15, 0.2) is 18.2 Å². The molecule has 0 radical (unpaired) electrons. The van der Waals surface area contributed by atoms with Crippen LogP contribution in [0.2, 0.25) is 0 Å². The van der Waals surface area contributed by atoms with Gasteiger partial charge in [0.1, 0.15) is 11.6 Å². The monoisotopic (exact) mass is 356 g/mol. The van der Waals surface area contributed by atoms with E-state index in [0.29, 0.717) is 31.4 Å². The van der Waals surface area contributed by atoms with Crippen LogP contribution >= 0.6 is 0 Å². The number of likely N-dealkylation sites (tertiary alicyclic amines) is 1. The Morgan fingerprint density at radius 2 is 2.19 bits per heavy atom. The summed E-state index contributed by atoms with van der Waals surface area (Å²) in [6, 6.07) is 5.95. The molecule has 2 fully saturated rings. The molecule has 1 atom stereocenters. The Morgan fingerprint density at radius 1 is 1.38 bits per heavy atom. The molecular formula is C19H24N4O3. The fourth-order valence-electron chi connectivity index (χ4n) is 4.04. The summed E-state index contributed by atoms with van der Waals surface area (Å²) < 4.78 is 5.21. The fraction of sp³-hybridized carbons (Fsp3) is 0.526. The number of methoxy groups -OCH3 is 1. The summed E-state index contributed by atoms with van der Waals surface area (Å²) in [6.07, 6.45) is 4.83. The number of carbonyl (C=O) groups is 2. The van der Waals surface area contributed by atoms with Crippen molar-refractivity contribution in [3.05, 3.63) is 24.0 Å². The molecule has 1 saturated carbocycles. The Bertz CT molecular complexity index is 825. The molecule has 138 valence electrons. The van der Waals surface area contributed by atoms with E-state index in [4.69, 9.17) is 4.74 Å². The van der Waals surface area contributed by atoms with E-state index in [1.54, 1.807) is 7.11 Å². The summed E-state index contributed by atoms with van der Waals surface area (Å²) in [7, 11) is 1.62. The highest BCUT2D eigenvalue weighted by atomic mass is 16.5. The molecule has 26 heavy (non-hydrogen) atoms. The van der Waals surface area contributed by atoms with Gasteiger partial charge in [0.05, 0.1) is 30.6 Å². The molecule has 1 aliphatic carbocycles. The topological polar surface area (TPSA) is 87.3 Å². The number of ether oxygens (including phenoxy) is 1. The molecule has 0 bridgehead atoms. The van der Waals surface area contributed by atoms with Crippen LogP contribution in [0.4, 0.5) is 0 Å². The molecule has 2 N–H and O–H groups in total. The maximum Gasteiger partial charge on any atom is 0.225 e. The summed E-state index contributed by atoms with van der Waals surface area (Å²) in [6.45, 7) is 0.872. The lowest BCUT2D eigenvalue weighted by atomic mass is 10.1. The molecule has 1 aromatic heterocycles. The second kappa shape index (κ2) is 6.97. The van der Waals surface area contributed by atoms with Gasteiger partial charge < -0.3 is 19.9 Å². The zero-order valence-corrected chi connectivity index (χ0v) is 15.0. The number of hydrogen-bond donors (Lipinski definition) is 2. The van der Waals surface area contributed by atoms with Crippen molar-refractivity contribution < 1.29 is 14.3 Å². The lowest BCUT2D eigenvalue weighted by molar-refractivity contribution is -0.130. The van der Waals surface area contributed by atoms with Gasteiger partial charge in [0, 0.05) is 25.1 Å². The fourth-order valence-corrected chi connectivity index (χ4v) is 4.04. The first kappa shape index (κ1) is 16.9. The third-order valence-corrected chi connectivity index (χ3v) is 5.46. The molecule has 1 saturated heterocycles. The zero-order chi connectivity index (χ0) is 18.1. The largest absolute Gasteiger partial charge is 0.497 e.